The Morgan fingerprint density at radius 3 is 2.46 bits per heavy atom. The second-order valence-corrected chi connectivity index (χ2v) is 10.1. The van der Waals surface area contributed by atoms with Crippen molar-refractivity contribution in [1.29, 1.82) is 0 Å². The molecule has 0 saturated heterocycles. The highest BCUT2D eigenvalue weighted by molar-refractivity contribution is 9.10. The average molecular weight is 604 g/mol. The zero-order valence-corrected chi connectivity index (χ0v) is 22.9. The van der Waals surface area contributed by atoms with Crippen LogP contribution in [-0.2, 0) is 6.61 Å². The highest BCUT2D eigenvalue weighted by atomic mass is 79.9. The van der Waals surface area contributed by atoms with Gasteiger partial charge in [-0.25, -0.2) is 4.98 Å². The quantitative estimate of drug-likeness (QED) is 0.119. The Hall–Kier alpha value is -3.27. The molecule has 0 amide bonds. The van der Waals surface area contributed by atoms with E-state index in [-0.39, 0.29) is 39.6 Å². The predicted octanol–water partition coefficient (Wildman–Crippen LogP) is 7.35. The van der Waals surface area contributed by atoms with Gasteiger partial charge in [0.15, 0.2) is 5.75 Å². The topological polar surface area (TPSA) is 99.6 Å². The minimum absolute atomic E-state index is 0.000250. The summed E-state index contributed by atoms with van der Waals surface area (Å²) in [6, 6.07) is 14.6. The van der Waals surface area contributed by atoms with E-state index in [1.807, 2.05) is 19.9 Å². The zero-order chi connectivity index (χ0) is 26.7. The number of benzene rings is 3. The molecule has 0 aliphatic rings. The number of rotatable bonds is 8. The van der Waals surface area contributed by atoms with Crippen molar-refractivity contribution in [2.75, 3.05) is 0 Å². The number of hydrogen-bond acceptors (Lipinski definition) is 6. The van der Waals surface area contributed by atoms with Crippen molar-refractivity contribution in [1.82, 2.24) is 9.66 Å². The van der Waals surface area contributed by atoms with Gasteiger partial charge in [-0.15, -0.1) is 0 Å². The van der Waals surface area contributed by atoms with Crippen LogP contribution < -0.4 is 10.3 Å². The molecule has 0 fully saturated rings. The molecular formula is C26H21BrCl2N4O4. The molecule has 0 radical (unpaired) electrons. The Kier molecular flexibility index (Phi) is 8.26. The van der Waals surface area contributed by atoms with Crippen LogP contribution in [0.25, 0.3) is 10.9 Å². The van der Waals surface area contributed by atoms with E-state index in [1.165, 1.54) is 23.0 Å². The highest BCUT2D eigenvalue weighted by Gasteiger charge is 2.16. The van der Waals surface area contributed by atoms with Gasteiger partial charge in [0.1, 0.15) is 12.4 Å². The standard InChI is InChI=1S/C26H21BrCl2N4O4/c1-3-15(2)25-31-23-9-6-18(27)12-20(23)26(34)32(25)30-13-17-10-21(28)24(22(29)11-17)37-14-16-4-7-19(8-5-16)33(35)36/h4-13,15H,3,14H2,1-2H3/t15-/m1/s1. The summed E-state index contributed by atoms with van der Waals surface area (Å²) >= 11 is 16.3. The molecule has 4 rings (SSSR count). The lowest BCUT2D eigenvalue weighted by Crippen LogP contribution is -2.23. The highest BCUT2D eigenvalue weighted by Crippen LogP contribution is 2.34. The second-order valence-electron chi connectivity index (χ2n) is 8.33. The molecule has 4 aromatic rings. The molecule has 0 bridgehead atoms. The summed E-state index contributed by atoms with van der Waals surface area (Å²) in [5.41, 5.74) is 1.60. The average Bonchev–Trinajstić information content (AvgIpc) is 2.87. The van der Waals surface area contributed by atoms with Crippen LogP contribution >= 0.6 is 39.1 Å². The van der Waals surface area contributed by atoms with Crippen LogP contribution in [0.5, 0.6) is 5.75 Å². The van der Waals surface area contributed by atoms with Gasteiger partial charge >= 0.3 is 0 Å². The first-order chi connectivity index (χ1) is 17.7. The summed E-state index contributed by atoms with van der Waals surface area (Å²) in [7, 11) is 0. The van der Waals surface area contributed by atoms with Crippen LogP contribution in [0.4, 0.5) is 5.69 Å². The third-order valence-electron chi connectivity index (χ3n) is 5.76. The first-order valence-electron chi connectivity index (χ1n) is 11.3. The number of nitro benzene ring substituents is 1. The molecular weight excluding hydrogens is 583 g/mol. The molecule has 190 valence electrons. The van der Waals surface area contributed by atoms with Crippen LogP contribution in [0.15, 0.2) is 69.0 Å². The first kappa shape index (κ1) is 26.8. The fourth-order valence-electron chi connectivity index (χ4n) is 3.56. The molecule has 0 unspecified atom stereocenters. The maximum Gasteiger partial charge on any atom is 0.282 e. The summed E-state index contributed by atoms with van der Waals surface area (Å²) in [5, 5.41) is 16.2. The lowest BCUT2D eigenvalue weighted by Gasteiger charge is -2.14. The molecule has 0 saturated carbocycles. The van der Waals surface area contributed by atoms with E-state index in [1.54, 1.807) is 36.4 Å². The fraction of sp³-hybridized carbons (Fsp3) is 0.192. The number of halogens is 3. The molecule has 0 spiro atoms. The van der Waals surface area contributed by atoms with Crippen molar-refractivity contribution >= 4 is 61.9 Å². The van der Waals surface area contributed by atoms with Crippen LogP contribution in [0.3, 0.4) is 0 Å². The number of hydrogen-bond donors (Lipinski definition) is 0. The number of fused-ring (bicyclic) bond motifs is 1. The summed E-state index contributed by atoms with van der Waals surface area (Å²) in [4.78, 5) is 28.3. The van der Waals surface area contributed by atoms with Gasteiger partial charge in [-0.05, 0) is 60.0 Å². The van der Waals surface area contributed by atoms with Gasteiger partial charge in [0.2, 0.25) is 0 Å². The molecule has 3 aromatic carbocycles. The van der Waals surface area contributed by atoms with Crippen LogP contribution in [-0.4, -0.2) is 20.8 Å². The van der Waals surface area contributed by atoms with E-state index in [0.717, 1.165) is 16.5 Å². The third kappa shape index (κ3) is 6.01. The Bertz CT molecular complexity index is 1550. The molecule has 11 heteroatoms. The minimum Gasteiger partial charge on any atom is -0.486 e. The first-order valence-corrected chi connectivity index (χ1v) is 12.8. The number of aromatic nitrogens is 2. The number of ether oxygens (including phenoxy) is 1. The van der Waals surface area contributed by atoms with Crippen molar-refractivity contribution in [2.45, 2.75) is 32.8 Å². The van der Waals surface area contributed by atoms with Crippen molar-refractivity contribution in [3.8, 4) is 5.75 Å². The largest absolute Gasteiger partial charge is 0.486 e. The van der Waals surface area contributed by atoms with Gasteiger partial charge in [-0.1, -0.05) is 53.0 Å². The summed E-state index contributed by atoms with van der Waals surface area (Å²) in [6.07, 6.45) is 2.28. The van der Waals surface area contributed by atoms with E-state index < -0.39 is 4.92 Å². The van der Waals surface area contributed by atoms with Gasteiger partial charge < -0.3 is 4.74 Å². The van der Waals surface area contributed by atoms with Crippen LogP contribution in [0.2, 0.25) is 10.0 Å². The molecule has 0 aliphatic carbocycles. The summed E-state index contributed by atoms with van der Waals surface area (Å²) in [5.74, 6) is 0.826. The molecule has 1 atom stereocenters. The monoisotopic (exact) mass is 602 g/mol. The van der Waals surface area contributed by atoms with Crippen molar-refractivity contribution in [2.24, 2.45) is 5.10 Å². The normalized spacial score (nSPS) is 12.2. The van der Waals surface area contributed by atoms with Gasteiger partial charge in [0.25, 0.3) is 11.2 Å². The Morgan fingerprint density at radius 2 is 1.84 bits per heavy atom. The van der Waals surface area contributed by atoms with E-state index in [2.05, 4.69) is 21.0 Å². The van der Waals surface area contributed by atoms with E-state index >= 15 is 0 Å². The lowest BCUT2D eigenvalue weighted by molar-refractivity contribution is -0.384. The lowest BCUT2D eigenvalue weighted by atomic mass is 10.1. The molecule has 1 aromatic heterocycles. The van der Waals surface area contributed by atoms with Gasteiger partial charge in [-0.3, -0.25) is 14.9 Å². The molecule has 1 heterocycles. The SMILES string of the molecule is CC[C@@H](C)c1nc2ccc(Br)cc2c(=O)n1N=Cc1cc(Cl)c(OCc2ccc([N+](=O)[O-])cc2)c(Cl)c1. The van der Waals surface area contributed by atoms with E-state index in [4.69, 9.17) is 32.9 Å². The Balaban J connectivity index is 1.62. The maximum absolute atomic E-state index is 13.3. The van der Waals surface area contributed by atoms with Crippen molar-refractivity contribution < 1.29 is 9.66 Å². The Morgan fingerprint density at radius 1 is 1.16 bits per heavy atom. The van der Waals surface area contributed by atoms with Gasteiger partial charge in [-0.2, -0.15) is 9.78 Å². The second kappa shape index (κ2) is 11.4. The zero-order valence-electron chi connectivity index (χ0n) is 19.8. The third-order valence-corrected chi connectivity index (χ3v) is 6.81. The molecule has 37 heavy (non-hydrogen) atoms. The number of nitro groups is 1. The van der Waals surface area contributed by atoms with Crippen LogP contribution in [0, 0.1) is 10.1 Å². The van der Waals surface area contributed by atoms with Crippen LogP contribution in [0.1, 0.15) is 43.1 Å². The summed E-state index contributed by atoms with van der Waals surface area (Å²) < 4.78 is 7.85. The van der Waals surface area contributed by atoms with Crippen molar-refractivity contribution in [3.05, 3.63) is 107 Å². The number of non-ortho nitro benzene ring substituents is 1. The van der Waals surface area contributed by atoms with Gasteiger partial charge in [0, 0.05) is 22.5 Å². The summed E-state index contributed by atoms with van der Waals surface area (Å²) in [6.45, 7) is 4.13. The number of nitrogens with zero attached hydrogens (tertiary/aromatic N) is 4. The predicted molar refractivity (Wildman–Crippen MR) is 149 cm³/mol. The maximum atomic E-state index is 13.3. The van der Waals surface area contributed by atoms with Gasteiger partial charge in [0.05, 0.1) is 32.1 Å². The molecule has 8 nitrogen and oxygen atoms in total. The molecule has 0 N–H and O–H groups in total. The Labute approximate surface area is 230 Å². The molecule has 0 aliphatic heterocycles. The van der Waals surface area contributed by atoms with Crippen molar-refractivity contribution in [3.63, 3.8) is 0 Å². The smallest absolute Gasteiger partial charge is 0.282 e. The fourth-order valence-corrected chi connectivity index (χ4v) is 4.54. The van der Waals surface area contributed by atoms with E-state index in [0.29, 0.717) is 22.3 Å². The minimum atomic E-state index is -0.467. The van der Waals surface area contributed by atoms with E-state index in [9.17, 15) is 14.9 Å².